The molecule has 2 heteroatoms. The van der Waals surface area contributed by atoms with Crippen molar-refractivity contribution in [3.8, 4) is 0 Å². The number of hydrogen-bond donors (Lipinski definition) is 0. The molecule has 2 nitrogen and oxygen atoms in total. The minimum atomic E-state index is 0.475. The van der Waals surface area contributed by atoms with E-state index in [1.807, 2.05) is 18.4 Å². The molecule has 0 aromatic heterocycles. The van der Waals surface area contributed by atoms with Crippen molar-refractivity contribution in [1.82, 2.24) is 5.32 Å². The molecule has 0 fully saturated rings. The summed E-state index contributed by atoms with van der Waals surface area (Å²) >= 11 is 0. The molecular weight excluding hydrogens is 126 g/mol. The molecule has 2 aliphatic rings. The second-order valence-electron chi connectivity index (χ2n) is 2.27. The van der Waals surface area contributed by atoms with Gasteiger partial charge in [0.05, 0.1) is 0 Å². The number of rotatable bonds is 0. The van der Waals surface area contributed by atoms with Crippen LogP contribution in [0.15, 0.2) is 35.8 Å². The molecule has 2 rings (SSSR count). The van der Waals surface area contributed by atoms with Crippen LogP contribution in [0, 0.1) is 0 Å². The van der Waals surface area contributed by atoms with Crippen LogP contribution >= 0.6 is 0 Å². The largest absolute Gasteiger partial charge is 0.471 e. The molecule has 51 valence electrons. The van der Waals surface area contributed by atoms with Crippen molar-refractivity contribution in [3.05, 3.63) is 35.8 Å². The lowest BCUT2D eigenvalue weighted by Gasteiger charge is -2.18. The van der Waals surface area contributed by atoms with Gasteiger partial charge in [0.2, 0.25) is 0 Å². The van der Waals surface area contributed by atoms with Gasteiger partial charge in [-0.3, -0.25) is 5.32 Å². The molecule has 0 bridgehead atoms. The van der Waals surface area contributed by atoms with Crippen LogP contribution in [0.3, 0.4) is 0 Å². The van der Waals surface area contributed by atoms with E-state index in [0.29, 0.717) is 6.73 Å². The Hall–Kier alpha value is -1.18. The smallest absolute Gasteiger partial charge is 0.179 e. The van der Waals surface area contributed by atoms with Gasteiger partial charge >= 0.3 is 0 Å². The third-order valence-corrected chi connectivity index (χ3v) is 1.58. The van der Waals surface area contributed by atoms with Crippen LogP contribution in [0.4, 0.5) is 0 Å². The molecule has 0 unspecified atom stereocenters. The monoisotopic (exact) mass is 134 g/mol. The lowest BCUT2D eigenvalue weighted by atomic mass is 10.1. The van der Waals surface area contributed by atoms with Gasteiger partial charge in [-0.25, -0.2) is 0 Å². The number of hydrogen-bond acceptors (Lipinski definition) is 1. The van der Waals surface area contributed by atoms with Crippen LogP contribution in [0.5, 0.6) is 0 Å². The minimum Gasteiger partial charge on any atom is -0.471 e. The molecule has 1 radical (unpaired) electrons. The van der Waals surface area contributed by atoms with E-state index in [4.69, 9.17) is 4.74 Å². The van der Waals surface area contributed by atoms with Gasteiger partial charge in [0.1, 0.15) is 5.76 Å². The first-order chi connectivity index (χ1) is 4.97. The summed E-state index contributed by atoms with van der Waals surface area (Å²) in [6.07, 6.45) is 8.93. The van der Waals surface area contributed by atoms with Gasteiger partial charge in [-0.05, 0) is 12.5 Å². The van der Waals surface area contributed by atoms with Crippen molar-refractivity contribution in [1.29, 1.82) is 0 Å². The third kappa shape index (κ3) is 0.817. The Labute approximate surface area is 59.9 Å². The Bertz CT molecular complexity index is 225. The van der Waals surface area contributed by atoms with E-state index in [1.54, 1.807) is 0 Å². The number of fused-ring (bicyclic) bond motifs is 1. The van der Waals surface area contributed by atoms with Crippen LogP contribution < -0.4 is 5.32 Å². The van der Waals surface area contributed by atoms with Gasteiger partial charge in [0, 0.05) is 11.8 Å². The first-order valence-corrected chi connectivity index (χ1v) is 3.32. The van der Waals surface area contributed by atoms with E-state index >= 15 is 0 Å². The normalized spacial score (nSPS) is 21.6. The zero-order chi connectivity index (χ0) is 6.81. The Morgan fingerprint density at radius 3 is 3.40 bits per heavy atom. The topological polar surface area (TPSA) is 23.3 Å². The van der Waals surface area contributed by atoms with Crippen molar-refractivity contribution in [2.24, 2.45) is 0 Å². The second-order valence-corrected chi connectivity index (χ2v) is 2.27. The molecule has 0 atom stereocenters. The van der Waals surface area contributed by atoms with E-state index in [-0.39, 0.29) is 0 Å². The maximum atomic E-state index is 5.26. The highest BCUT2D eigenvalue weighted by Gasteiger charge is 2.11. The number of nitrogens with zero attached hydrogens (tertiary/aromatic N) is 1. The predicted molar refractivity (Wildman–Crippen MR) is 38.0 cm³/mol. The van der Waals surface area contributed by atoms with Gasteiger partial charge in [-0.15, -0.1) is 0 Å². The molecule has 0 saturated heterocycles. The quantitative estimate of drug-likeness (QED) is 0.490. The zero-order valence-corrected chi connectivity index (χ0v) is 5.58. The molecule has 0 saturated carbocycles. The Morgan fingerprint density at radius 1 is 1.50 bits per heavy atom. The van der Waals surface area contributed by atoms with Crippen LogP contribution in [-0.2, 0) is 4.74 Å². The summed E-state index contributed by atoms with van der Waals surface area (Å²) in [5, 5.41) is 4.00. The molecule has 0 spiro atoms. The van der Waals surface area contributed by atoms with Gasteiger partial charge in [-0.2, -0.15) is 0 Å². The first-order valence-electron chi connectivity index (χ1n) is 3.32. The third-order valence-electron chi connectivity index (χ3n) is 1.58. The lowest BCUT2D eigenvalue weighted by Crippen LogP contribution is -2.13. The summed E-state index contributed by atoms with van der Waals surface area (Å²) in [6.45, 7) is 0.475. The van der Waals surface area contributed by atoms with E-state index < -0.39 is 0 Å². The molecule has 1 aliphatic carbocycles. The van der Waals surface area contributed by atoms with Crippen LogP contribution in [0.1, 0.15) is 6.42 Å². The van der Waals surface area contributed by atoms with Crippen molar-refractivity contribution in [3.63, 3.8) is 0 Å². The lowest BCUT2D eigenvalue weighted by molar-refractivity contribution is 0.192. The first kappa shape index (κ1) is 5.59. The summed E-state index contributed by atoms with van der Waals surface area (Å²) in [7, 11) is 0. The summed E-state index contributed by atoms with van der Waals surface area (Å²) in [5.41, 5.74) is 1.19. The summed E-state index contributed by atoms with van der Waals surface area (Å²) in [5.74, 6) is 0.984. The molecule has 0 N–H and O–H groups in total. The maximum absolute atomic E-state index is 5.26. The standard InChI is InChI=1S/C8H8NO/c1-2-4-8-7(3-1)5-9-6-10-8/h1-2,4-5H,3,6H2. The molecule has 1 heterocycles. The van der Waals surface area contributed by atoms with Gasteiger partial charge in [0.25, 0.3) is 0 Å². The highest BCUT2D eigenvalue weighted by molar-refractivity contribution is 5.35. The van der Waals surface area contributed by atoms with Gasteiger partial charge in [0.15, 0.2) is 6.73 Å². The Kier molecular flexibility index (Phi) is 1.24. The second kappa shape index (κ2) is 2.21. The van der Waals surface area contributed by atoms with Crippen molar-refractivity contribution in [2.45, 2.75) is 6.42 Å². The fourth-order valence-electron chi connectivity index (χ4n) is 1.07. The maximum Gasteiger partial charge on any atom is 0.179 e. The number of allylic oxidation sites excluding steroid dienone is 4. The Morgan fingerprint density at radius 2 is 2.50 bits per heavy atom. The van der Waals surface area contributed by atoms with E-state index in [2.05, 4.69) is 11.4 Å². The SMILES string of the molecule is C1=CCC2=C[N]COC2=C1. The predicted octanol–water partition coefficient (Wildman–Crippen LogP) is 1.31. The molecule has 0 aromatic rings. The number of ether oxygens (including phenoxy) is 1. The van der Waals surface area contributed by atoms with Crippen LogP contribution in [0.2, 0.25) is 0 Å². The molecular formula is C8H8NO. The zero-order valence-electron chi connectivity index (χ0n) is 5.58. The van der Waals surface area contributed by atoms with E-state index in [0.717, 1.165) is 12.2 Å². The molecule has 0 amide bonds. The summed E-state index contributed by atoms with van der Waals surface area (Å²) < 4.78 is 5.26. The molecule has 1 aliphatic heterocycles. The van der Waals surface area contributed by atoms with Crippen molar-refractivity contribution in [2.75, 3.05) is 6.73 Å². The average molecular weight is 134 g/mol. The van der Waals surface area contributed by atoms with E-state index in [9.17, 15) is 0 Å². The van der Waals surface area contributed by atoms with Crippen molar-refractivity contribution < 1.29 is 4.74 Å². The van der Waals surface area contributed by atoms with Crippen molar-refractivity contribution >= 4 is 0 Å². The highest BCUT2D eigenvalue weighted by atomic mass is 16.5. The Balaban J connectivity index is 2.32. The molecule has 0 aromatic carbocycles. The van der Waals surface area contributed by atoms with Gasteiger partial charge < -0.3 is 4.74 Å². The van der Waals surface area contributed by atoms with Crippen LogP contribution in [-0.4, -0.2) is 6.73 Å². The summed E-state index contributed by atoms with van der Waals surface area (Å²) in [6, 6.07) is 0. The fraction of sp³-hybridized carbons (Fsp3) is 0.250. The average Bonchev–Trinajstić information content (AvgIpc) is 2.05. The fourth-order valence-corrected chi connectivity index (χ4v) is 1.07. The van der Waals surface area contributed by atoms with Gasteiger partial charge in [-0.1, -0.05) is 12.2 Å². The minimum absolute atomic E-state index is 0.475. The molecule has 10 heavy (non-hydrogen) atoms. The van der Waals surface area contributed by atoms with E-state index in [1.165, 1.54) is 5.57 Å². The summed E-state index contributed by atoms with van der Waals surface area (Å²) in [4.78, 5) is 0. The highest BCUT2D eigenvalue weighted by Crippen LogP contribution is 2.21. The van der Waals surface area contributed by atoms with Crippen LogP contribution in [0.25, 0.3) is 0 Å².